The van der Waals surface area contributed by atoms with Crippen LogP contribution in [0.1, 0.15) is 29.7 Å². The maximum atomic E-state index is 8.87. The van der Waals surface area contributed by atoms with Crippen molar-refractivity contribution in [3.63, 3.8) is 0 Å². The standard InChI is InChI=1S/C16H15BrN2/c1-12(15-5-7-16(17)8-6-15)19-11-14-4-2-3-13(9-14)10-18/h2-9,12,19H,11H2,1H3. The molecule has 0 aliphatic carbocycles. The lowest BCUT2D eigenvalue weighted by Crippen LogP contribution is -2.18. The largest absolute Gasteiger partial charge is 0.306 e. The molecule has 0 saturated carbocycles. The Morgan fingerprint density at radius 2 is 1.95 bits per heavy atom. The molecule has 1 unspecified atom stereocenters. The third kappa shape index (κ3) is 3.92. The summed E-state index contributed by atoms with van der Waals surface area (Å²) in [7, 11) is 0. The van der Waals surface area contributed by atoms with Crippen LogP contribution < -0.4 is 5.32 Å². The first kappa shape index (κ1) is 13.8. The SMILES string of the molecule is CC(NCc1cccc(C#N)c1)c1ccc(Br)cc1. The van der Waals surface area contributed by atoms with Crippen LogP contribution in [0.3, 0.4) is 0 Å². The highest BCUT2D eigenvalue weighted by Gasteiger charge is 2.04. The Hall–Kier alpha value is -1.63. The minimum Gasteiger partial charge on any atom is -0.306 e. The highest BCUT2D eigenvalue weighted by atomic mass is 79.9. The number of benzene rings is 2. The Labute approximate surface area is 122 Å². The highest BCUT2D eigenvalue weighted by molar-refractivity contribution is 9.10. The molecule has 96 valence electrons. The molecule has 0 radical (unpaired) electrons. The molecule has 0 fully saturated rings. The summed E-state index contributed by atoms with van der Waals surface area (Å²) in [6, 6.07) is 18.4. The number of hydrogen-bond donors (Lipinski definition) is 1. The van der Waals surface area contributed by atoms with E-state index >= 15 is 0 Å². The third-order valence-corrected chi connectivity index (χ3v) is 3.57. The van der Waals surface area contributed by atoms with Gasteiger partial charge in [-0.05, 0) is 42.3 Å². The molecule has 2 nitrogen and oxygen atoms in total. The first-order valence-electron chi connectivity index (χ1n) is 6.17. The third-order valence-electron chi connectivity index (χ3n) is 3.04. The van der Waals surface area contributed by atoms with Crippen LogP contribution in [0.15, 0.2) is 53.0 Å². The van der Waals surface area contributed by atoms with Crippen LogP contribution in [-0.4, -0.2) is 0 Å². The van der Waals surface area contributed by atoms with Gasteiger partial charge < -0.3 is 5.32 Å². The predicted octanol–water partition coefficient (Wildman–Crippen LogP) is 4.17. The average Bonchev–Trinajstić information content (AvgIpc) is 2.46. The summed E-state index contributed by atoms with van der Waals surface area (Å²) in [5.41, 5.74) is 3.08. The molecule has 0 aliphatic heterocycles. The normalized spacial score (nSPS) is 11.8. The molecular formula is C16H15BrN2. The van der Waals surface area contributed by atoms with Crippen molar-refractivity contribution in [1.82, 2.24) is 5.32 Å². The minimum atomic E-state index is 0.277. The van der Waals surface area contributed by atoms with E-state index < -0.39 is 0 Å². The number of hydrogen-bond acceptors (Lipinski definition) is 2. The van der Waals surface area contributed by atoms with E-state index in [0.29, 0.717) is 5.56 Å². The van der Waals surface area contributed by atoms with Gasteiger partial charge in [0.05, 0.1) is 11.6 Å². The first-order chi connectivity index (χ1) is 9.19. The van der Waals surface area contributed by atoms with Crippen LogP contribution in [0, 0.1) is 11.3 Å². The number of nitrogens with zero attached hydrogens (tertiary/aromatic N) is 1. The first-order valence-corrected chi connectivity index (χ1v) is 6.96. The summed E-state index contributed by atoms with van der Waals surface area (Å²) in [5.74, 6) is 0. The second-order valence-corrected chi connectivity index (χ2v) is 5.38. The van der Waals surface area contributed by atoms with E-state index in [1.54, 1.807) is 0 Å². The van der Waals surface area contributed by atoms with Crippen molar-refractivity contribution in [3.05, 3.63) is 69.7 Å². The van der Waals surface area contributed by atoms with Gasteiger partial charge in [-0.2, -0.15) is 5.26 Å². The quantitative estimate of drug-likeness (QED) is 0.919. The maximum absolute atomic E-state index is 8.87. The lowest BCUT2D eigenvalue weighted by molar-refractivity contribution is 0.574. The van der Waals surface area contributed by atoms with Crippen molar-refractivity contribution in [2.75, 3.05) is 0 Å². The smallest absolute Gasteiger partial charge is 0.0991 e. The number of halogens is 1. The molecule has 2 rings (SSSR count). The molecule has 0 bridgehead atoms. The summed E-state index contributed by atoms with van der Waals surface area (Å²) >= 11 is 3.44. The molecule has 0 spiro atoms. The van der Waals surface area contributed by atoms with Crippen LogP contribution in [0.2, 0.25) is 0 Å². The Bertz CT molecular complexity index is 584. The van der Waals surface area contributed by atoms with Gasteiger partial charge in [0.2, 0.25) is 0 Å². The molecule has 1 atom stereocenters. The molecule has 2 aromatic carbocycles. The Morgan fingerprint density at radius 1 is 1.21 bits per heavy atom. The van der Waals surface area contributed by atoms with E-state index in [4.69, 9.17) is 5.26 Å². The second-order valence-electron chi connectivity index (χ2n) is 4.47. The molecule has 0 saturated heterocycles. The van der Waals surface area contributed by atoms with Gasteiger partial charge in [-0.3, -0.25) is 0 Å². The van der Waals surface area contributed by atoms with Gasteiger partial charge >= 0.3 is 0 Å². The lowest BCUT2D eigenvalue weighted by atomic mass is 10.1. The number of nitrogens with one attached hydrogen (secondary N) is 1. The van der Waals surface area contributed by atoms with Gasteiger partial charge in [-0.25, -0.2) is 0 Å². The fraction of sp³-hybridized carbons (Fsp3) is 0.188. The van der Waals surface area contributed by atoms with Crippen LogP contribution in [0.5, 0.6) is 0 Å². The van der Waals surface area contributed by atoms with Gasteiger partial charge in [0.25, 0.3) is 0 Å². The lowest BCUT2D eigenvalue weighted by Gasteiger charge is -2.14. The fourth-order valence-electron chi connectivity index (χ4n) is 1.89. The highest BCUT2D eigenvalue weighted by Crippen LogP contribution is 2.17. The molecule has 0 aliphatic rings. The minimum absolute atomic E-state index is 0.277. The average molecular weight is 315 g/mol. The zero-order valence-corrected chi connectivity index (χ0v) is 12.3. The van der Waals surface area contributed by atoms with Crippen LogP contribution in [0.25, 0.3) is 0 Å². The van der Waals surface area contributed by atoms with Gasteiger partial charge in [0, 0.05) is 17.1 Å². The van der Waals surface area contributed by atoms with Crippen molar-refractivity contribution in [2.45, 2.75) is 19.5 Å². The van der Waals surface area contributed by atoms with Gasteiger partial charge in [0.1, 0.15) is 0 Å². The molecular weight excluding hydrogens is 300 g/mol. The summed E-state index contributed by atoms with van der Waals surface area (Å²) in [5, 5.41) is 12.3. The van der Waals surface area contributed by atoms with Crippen molar-refractivity contribution < 1.29 is 0 Å². The topological polar surface area (TPSA) is 35.8 Å². The molecule has 1 N–H and O–H groups in total. The van der Waals surface area contributed by atoms with Crippen LogP contribution in [0.4, 0.5) is 0 Å². The van der Waals surface area contributed by atoms with E-state index in [0.717, 1.165) is 16.6 Å². The summed E-state index contributed by atoms with van der Waals surface area (Å²) < 4.78 is 1.09. The van der Waals surface area contributed by atoms with E-state index in [1.807, 2.05) is 36.4 Å². The molecule has 19 heavy (non-hydrogen) atoms. The molecule has 3 heteroatoms. The Morgan fingerprint density at radius 3 is 2.63 bits per heavy atom. The molecule has 0 aromatic heterocycles. The van der Waals surface area contributed by atoms with Crippen LogP contribution in [-0.2, 0) is 6.54 Å². The molecule has 0 amide bonds. The van der Waals surface area contributed by atoms with Gasteiger partial charge in [0.15, 0.2) is 0 Å². The second kappa shape index (κ2) is 6.51. The van der Waals surface area contributed by atoms with Crippen molar-refractivity contribution in [3.8, 4) is 6.07 Å². The summed E-state index contributed by atoms with van der Waals surface area (Å²) in [6.07, 6.45) is 0. The zero-order valence-electron chi connectivity index (χ0n) is 10.7. The maximum Gasteiger partial charge on any atom is 0.0991 e. The van der Waals surface area contributed by atoms with E-state index in [2.05, 4.69) is 46.4 Å². The van der Waals surface area contributed by atoms with Gasteiger partial charge in [-0.1, -0.05) is 40.2 Å². The predicted molar refractivity (Wildman–Crippen MR) is 80.6 cm³/mol. The van der Waals surface area contributed by atoms with E-state index in [-0.39, 0.29) is 6.04 Å². The van der Waals surface area contributed by atoms with E-state index in [1.165, 1.54) is 5.56 Å². The van der Waals surface area contributed by atoms with Gasteiger partial charge in [-0.15, -0.1) is 0 Å². The Kier molecular flexibility index (Phi) is 4.73. The number of rotatable bonds is 4. The number of nitriles is 1. The monoisotopic (exact) mass is 314 g/mol. The molecule has 0 heterocycles. The van der Waals surface area contributed by atoms with Crippen molar-refractivity contribution in [2.24, 2.45) is 0 Å². The summed E-state index contributed by atoms with van der Waals surface area (Å²) in [6.45, 7) is 2.89. The summed E-state index contributed by atoms with van der Waals surface area (Å²) in [4.78, 5) is 0. The van der Waals surface area contributed by atoms with Crippen molar-refractivity contribution in [1.29, 1.82) is 5.26 Å². The fourth-order valence-corrected chi connectivity index (χ4v) is 2.16. The Balaban J connectivity index is 1.98. The van der Waals surface area contributed by atoms with Crippen molar-refractivity contribution >= 4 is 15.9 Å². The molecule has 2 aromatic rings. The zero-order chi connectivity index (χ0) is 13.7. The van der Waals surface area contributed by atoms with E-state index in [9.17, 15) is 0 Å². The van der Waals surface area contributed by atoms with Crippen LogP contribution >= 0.6 is 15.9 Å².